The zero-order valence-electron chi connectivity index (χ0n) is 16.3. The molecule has 1 saturated carbocycles. The number of primary amides is 1. The lowest BCUT2D eigenvalue weighted by Gasteiger charge is -2.25. The van der Waals surface area contributed by atoms with Gasteiger partial charge < -0.3 is 21.1 Å². The maximum absolute atomic E-state index is 12.4. The van der Waals surface area contributed by atoms with Crippen molar-refractivity contribution in [2.75, 3.05) is 13.2 Å². The van der Waals surface area contributed by atoms with Crippen LogP contribution in [0.15, 0.2) is 12.2 Å². The minimum Gasteiger partial charge on any atom is -0.466 e. The summed E-state index contributed by atoms with van der Waals surface area (Å²) in [7, 11) is 0. The van der Waals surface area contributed by atoms with Crippen molar-refractivity contribution < 1.29 is 19.1 Å². The maximum atomic E-state index is 12.4. The minimum atomic E-state index is -0.558. The number of carbonyl (C=O) groups excluding carboxylic acids is 3. The van der Waals surface area contributed by atoms with Crippen LogP contribution in [0.25, 0.3) is 0 Å². The molecule has 1 aliphatic carbocycles. The van der Waals surface area contributed by atoms with Crippen molar-refractivity contribution in [3.63, 3.8) is 0 Å². The molecule has 4 atom stereocenters. The number of allylic oxidation sites excluding steroid dienone is 2. The second-order valence-electron chi connectivity index (χ2n) is 7.52. The summed E-state index contributed by atoms with van der Waals surface area (Å²) in [4.78, 5) is 36.9. The van der Waals surface area contributed by atoms with Gasteiger partial charge in [-0.2, -0.15) is 0 Å². The quantitative estimate of drug-likeness (QED) is 0.321. The first kappa shape index (κ1) is 21.4. The summed E-state index contributed by atoms with van der Waals surface area (Å²) >= 11 is 0. The molecule has 0 aromatic heterocycles. The molecule has 0 radical (unpaired) electrons. The summed E-state index contributed by atoms with van der Waals surface area (Å²) in [5, 5.41) is 0. The highest BCUT2D eigenvalue weighted by Gasteiger charge is 2.42. The first-order valence-corrected chi connectivity index (χ1v) is 10.1. The van der Waals surface area contributed by atoms with Gasteiger partial charge in [-0.25, -0.2) is 0 Å². The normalized spacial score (nSPS) is 25.6. The zero-order chi connectivity index (χ0) is 19.8. The summed E-state index contributed by atoms with van der Waals surface area (Å²) < 4.78 is 5.01. The molecule has 0 unspecified atom stereocenters. The molecule has 27 heavy (non-hydrogen) atoms. The Morgan fingerprint density at radius 1 is 1.26 bits per heavy atom. The molecule has 2 fully saturated rings. The highest BCUT2D eigenvalue weighted by molar-refractivity contribution is 5.89. The summed E-state index contributed by atoms with van der Waals surface area (Å²) in [5.74, 6) is -0.285. The van der Waals surface area contributed by atoms with Crippen LogP contribution in [0.5, 0.6) is 0 Å². The fourth-order valence-corrected chi connectivity index (χ4v) is 3.68. The third-order valence-electron chi connectivity index (χ3n) is 5.38. The van der Waals surface area contributed by atoms with Crippen molar-refractivity contribution in [2.24, 2.45) is 23.3 Å². The van der Waals surface area contributed by atoms with Gasteiger partial charge in [0.05, 0.1) is 18.6 Å². The molecule has 2 amide bonds. The Balaban J connectivity index is 1.55. The molecule has 0 bridgehead atoms. The van der Waals surface area contributed by atoms with Crippen molar-refractivity contribution in [1.82, 2.24) is 4.90 Å². The average Bonchev–Trinajstić information content (AvgIpc) is 3.24. The lowest BCUT2D eigenvalue weighted by molar-refractivity contribution is -0.144. The molecule has 1 saturated heterocycles. The number of carbonyl (C=O) groups is 3. The molecule has 0 aromatic rings. The smallest absolute Gasteiger partial charge is 0.309 e. The molecule has 4 N–H and O–H groups in total. The number of esters is 1. The number of unbranched alkanes of at least 4 members (excludes halogenated alkanes) is 3. The van der Waals surface area contributed by atoms with Crippen molar-refractivity contribution >= 4 is 17.8 Å². The van der Waals surface area contributed by atoms with Gasteiger partial charge in [0.15, 0.2) is 0 Å². The average molecular weight is 380 g/mol. The molecule has 0 spiro atoms. The van der Waals surface area contributed by atoms with E-state index >= 15 is 0 Å². The molecule has 2 rings (SSSR count). The van der Waals surface area contributed by atoms with Gasteiger partial charge in [0, 0.05) is 6.54 Å². The summed E-state index contributed by atoms with van der Waals surface area (Å²) in [6.45, 7) is 2.84. The van der Waals surface area contributed by atoms with Crippen LogP contribution in [-0.2, 0) is 19.1 Å². The van der Waals surface area contributed by atoms with Crippen molar-refractivity contribution in [2.45, 2.75) is 70.4 Å². The number of rotatable bonds is 11. The van der Waals surface area contributed by atoms with Crippen LogP contribution in [0.4, 0.5) is 0 Å². The monoisotopic (exact) mass is 379 g/mol. The highest BCUT2D eigenvalue weighted by atomic mass is 16.5. The number of amides is 2. The van der Waals surface area contributed by atoms with Crippen LogP contribution >= 0.6 is 0 Å². The van der Waals surface area contributed by atoms with E-state index in [0.717, 1.165) is 38.5 Å². The second kappa shape index (κ2) is 10.4. The van der Waals surface area contributed by atoms with Gasteiger partial charge in [0.25, 0.3) is 0 Å². The minimum absolute atomic E-state index is 0.0556. The van der Waals surface area contributed by atoms with Crippen molar-refractivity contribution in [1.29, 1.82) is 0 Å². The van der Waals surface area contributed by atoms with Gasteiger partial charge in [0.2, 0.25) is 11.8 Å². The Morgan fingerprint density at radius 2 is 2.04 bits per heavy atom. The number of likely N-dealkylation sites (tertiary alicyclic amines) is 1. The second-order valence-corrected chi connectivity index (χ2v) is 7.52. The van der Waals surface area contributed by atoms with Gasteiger partial charge >= 0.3 is 5.97 Å². The van der Waals surface area contributed by atoms with E-state index in [9.17, 15) is 14.4 Å². The molecule has 0 aromatic carbocycles. The Kier molecular flexibility index (Phi) is 8.28. The molecule has 1 heterocycles. The molecule has 7 heteroatoms. The van der Waals surface area contributed by atoms with Gasteiger partial charge in [-0.1, -0.05) is 25.0 Å². The van der Waals surface area contributed by atoms with E-state index in [2.05, 4.69) is 12.2 Å². The predicted molar refractivity (Wildman–Crippen MR) is 102 cm³/mol. The van der Waals surface area contributed by atoms with E-state index in [0.29, 0.717) is 31.9 Å². The lowest BCUT2D eigenvalue weighted by atomic mass is 10.1. The van der Waals surface area contributed by atoms with Crippen LogP contribution in [0.3, 0.4) is 0 Å². The summed E-state index contributed by atoms with van der Waals surface area (Å²) in [6, 6.07) is -1.05. The van der Waals surface area contributed by atoms with E-state index in [1.54, 1.807) is 4.90 Å². The topological polar surface area (TPSA) is 116 Å². The van der Waals surface area contributed by atoms with E-state index in [1.165, 1.54) is 0 Å². The molecule has 2 aliphatic rings. The summed E-state index contributed by atoms with van der Waals surface area (Å²) in [6.07, 6.45) is 11.1. The molecule has 1 aliphatic heterocycles. The fourth-order valence-electron chi connectivity index (χ4n) is 3.68. The number of nitrogens with two attached hydrogens (primary N) is 2. The fraction of sp³-hybridized carbons (Fsp3) is 0.750. The standard InChI is InChI=1S/C20H33N3O4/c1-2-27-20(26)15-13-14(15)9-6-4-3-5-7-10-16(21)19(25)23-12-8-11-17(23)18(22)24/h6,9,14-17H,2-5,7-8,10-13,21H2,1H3,(H2,22,24)/b9-6-/t14-,15+,16+,17+/m1/s1. The number of hydrogen-bond acceptors (Lipinski definition) is 5. The van der Waals surface area contributed by atoms with Crippen LogP contribution in [0, 0.1) is 11.8 Å². The Bertz CT molecular complexity index is 563. The maximum Gasteiger partial charge on any atom is 0.309 e. The number of nitrogens with zero attached hydrogens (tertiary/aromatic N) is 1. The highest BCUT2D eigenvalue weighted by Crippen LogP contribution is 2.40. The van der Waals surface area contributed by atoms with E-state index in [-0.39, 0.29) is 17.8 Å². The van der Waals surface area contributed by atoms with E-state index in [4.69, 9.17) is 16.2 Å². The lowest BCUT2D eigenvalue weighted by Crippen LogP contribution is -2.50. The zero-order valence-corrected chi connectivity index (χ0v) is 16.3. The van der Waals surface area contributed by atoms with Gasteiger partial charge in [-0.3, -0.25) is 14.4 Å². The SMILES string of the molecule is CCOC(=O)[C@H]1C[C@H]1/C=C\CCCCC[C@H](N)C(=O)N1CCC[C@H]1C(N)=O. The largest absolute Gasteiger partial charge is 0.466 e. The molecule has 7 nitrogen and oxygen atoms in total. The first-order chi connectivity index (χ1) is 13.0. The van der Waals surface area contributed by atoms with E-state index in [1.807, 2.05) is 6.92 Å². The van der Waals surface area contributed by atoms with Crippen molar-refractivity contribution in [3.8, 4) is 0 Å². The van der Waals surface area contributed by atoms with Gasteiger partial charge in [0.1, 0.15) is 6.04 Å². The third kappa shape index (κ3) is 6.34. The number of ether oxygens (including phenoxy) is 1. The van der Waals surface area contributed by atoms with Crippen LogP contribution < -0.4 is 11.5 Å². The molecular weight excluding hydrogens is 346 g/mol. The Labute approximate surface area is 161 Å². The Hall–Kier alpha value is -1.89. The van der Waals surface area contributed by atoms with Crippen LogP contribution in [0.2, 0.25) is 0 Å². The summed E-state index contributed by atoms with van der Waals surface area (Å²) in [5.41, 5.74) is 11.4. The van der Waals surface area contributed by atoms with Crippen LogP contribution in [-0.4, -0.2) is 47.9 Å². The van der Waals surface area contributed by atoms with E-state index < -0.39 is 18.0 Å². The van der Waals surface area contributed by atoms with Crippen LogP contribution in [0.1, 0.15) is 58.3 Å². The third-order valence-corrected chi connectivity index (χ3v) is 5.38. The van der Waals surface area contributed by atoms with Crippen molar-refractivity contribution in [3.05, 3.63) is 12.2 Å². The molecular formula is C20H33N3O4. The van der Waals surface area contributed by atoms with Gasteiger partial charge in [-0.15, -0.1) is 0 Å². The molecule has 152 valence electrons. The first-order valence-electron chi connectivity index (χ1n) is 10.1. The van der Waals surface area contributed by atoms with Gasteiger partial charge in [-0.05, 0) is 51.4 Å². The Morgan fingerprint density at radius 3 is 2.74 bits per heavy atom. The predicted octanol–water partition coefficient (Wildman–Crippen LogP) is 1.50. The number of hydrogen-bond donors (Lipinski definition) is 2.